The number of carbonyl (C=O) groups excluding carboxylic acids is 1. The van der Waals surface area contributed by atoms with E-state index in [0.29, 0.717) is 28.5 Å². The third kappa shape index (κ3) is 3.72. The zero-order valence-electron chi connectivity index (χ0n) is 12.8. The van der Waals surface area contributed by atoms with Gasteiger partial charge >= 0.3 is 6.01 Å². The highest BCUT2D eigenvalue weighted by atomic mass is 35.5. The van der Waals surface area contributed by atoms with E-state index in [-0.39, 0.29) is 17.8 Å². The molecular weight excluding hydrogens is 330 g/mol. The maximum absolute atomic E-state index is 12.2. The number of rotatable bonds is 5. The molecule has 0 fully saturated rings. The maximum Gasteiger partial charge on any atom is 0.322 e. The van der Waals surface area contributed by atoms with Crippen molar-refractivity contribution in [2.75, 3.05) is 11.9 Å². The van der Waals surface area contributed by atoms with Gasteiger partial charge in [0.1, 0.15) is 5.75 Å². The fourth-order valence-corrected chi connectivity index (χ4v) is 2.24. The monoisotopic (exact) mass is 343 g/mol. The minimum absolute atomic E-state index is 0.0175. The number of amides is 1. The predicted octanol–water partition coefficient (Wildman–Crippen LogP) is 4.04. The lowest BCUT2D eigenvalue weighted by Gasteiger charge is -2.04. The summed E-state index contributed by atoms with van der Waals surface area (Å²) >= 11 is 5.93. The molecule has 1 N–H and O–H groups in total. The summed E-state index contributed by atoms with van der Waals surface area (Å²) in [6, 6.07) is 13.8. The number of hydrogen-bond donors (Lipinski definition) is 1. The van der Waals surface area contributed by atoms with Crippen molar-refractivity contribution in [3.05, 3.63) is 59.1 Å². The second-order valence-corrected chi connectivity index (χ2v) is 5.27. The lowest BCUT2D eigenvalue weighted by Crippen LogP contribution is -2.12. The van der Waals surface area contributed by atoms with Gasteiger partial charge in [0.2, 0.25) is 5.89 Å². The Bertz CT molecular complexity index is 846. The van der Waals surface area contributed by atoms with E-state index >= 15 is 0 Å². The Labute approximate surface area is 143 Å². The molecule has 0 aliphatic carbocycles. The van der Waals surface area contributed by atoms with Crippen LogP contribution < -0.4 is 10.1 Å². The molecule has 0 atom stereocenters. The summed E-state index contributed by atoms with van der Waals surface area (Å²) in [4.78, 5) is 12.2. The fourth-order valence-electron chi connectivity index (χ4n) is 2.05. The van der Waals surface area contributed by atoms with E-state index in [1.807, 2.05) is 6.92 Å². The molecule has 1 amide bonds. The van der Waals surface area contributed by atoms with Gasteiger partial charge in [-0.3, -0.25) is 10.1 Å². The van der Waals surface area contributed by atoms with Crippen molar-refractivity contribution in [2.45, 2.75) is 6.92 Å². The SMILES string of the molecule is CCOc1ccc(C(=O)Nc2nnc(-c3cccc(Cl)c3)o2)cc1. The molecule has 0 spiro atoms. The molecule has 3 rings (SSSR count). The molecule has 24 heavy (non-hydrogen) atoms. The van der Waals surface area contributed by atoms with Gasteiger partial charge in [-0.15, -0.1) is 5.10 Å². The van der Waals surface area contributed by atoms with E-state index in [0.717, 1.165) is 0 Å². The predicted molar refractivity (Wildman–Crippen MR) is 90.3 cm³/mol. The van der Waals surface area contributed by atoms with Crippen LogP contribution in [0.1, 0.15) is 17.3 Å². The third-order valence-corrected chi connectivity index (χ3v) is 3.38. The molecular formula is C17H14ClN3O3. The first-order chi connectivity index (χ1) is 11.7. The minimum Gasteiger partial charge on any atom is -0.494 e. The third-order valence-electron chi connectivity index (χ3n) is 3.14. The van der Waals surface area contributed by atoms with Crippen LogP contribution in [0.4, 0.5) is 6.01 Å². The second kappa shape index (κ2) is 7.14. The Morgan fingerprint density at radius 2 is 2.00 bits per heavy atom. The summed E-state index contributed by atoms with van der Waals surface area (Å²) in [5.41, 5.74) is 1.14. The summed E-state index contributed by atoms with van der Waals surface area (Å²) < 4.78 is 10.8. The van der Waals surface area contributed by atoms with Crippen LogP contribution in [-0.4, -0.2) is 22.7 Å². The van der Waals surface area contributed by atoms with E-state index in [1.165, 1.54) is 0 Å². The van der Waals surface area contributed by atoms with E-state index in [2.05, 4.69) is 15.5 Å². The van der Waals surface area contributed by atoms with Crippen molar-refractivity contribution in [3.63, 3.8) is 0 Å². The lowest BCUT2D eigenvalue weighted by molar-refractivity contribution is 0.102. The molecule has 0 aliphatic heterocycles. The number of nitrogens with one attached hydrogen (secondary N) is 1. The molecule has 1 heterocycles. The number of ether oxygens (including phenoxy) is 1. The number of nitrogens with zero attached hydrogens (tertiary/aromatic N) is 2. The van der Waals surface area contributed by atoms with Gasteiger partial charge in [-0.05, 0) is 49.4 Å². The van der Waals surface area contributed by atoms with E-state index in [1.54, 1.807) is 48.5 Å². The van der Waals surface area contributed by atoms with Crippen LogP contribution >= 0.6 is 11.6 Å². The molecule has 3 aromatic rings. The zero-order valence-corrected chi connectivity index (χ0v) is 13.6. The Kier molecular flexibility index (Phi) is 4.77. The van der Waals surface area contributed by atoms with Crippen LogP contribution in [0.3, 0.4) is 0 Å². The number of carbonyl (C=O) groups is 1. The molecule has 6 nitrogen and oxygen atoms in total. The van der Waals surface area contributed by atoms with Crippen molar-refractivity contribution in [2.24, 2.45) is 0 Å². The van der Waals surface area contributed by atoms with Crippen LogP contribution in [0.2, 0.25) is 5.02 Å². The molecule has 0 unspecified atom stereocenters. The Morgan fingerprint density at radius 1 is 1.21 bits per heavy atom. The van der Waals surface area contributed by atoms with Crippen molar-refractivity contribution in [3.8, 4) is 17.2 Å². The normalized spacial score (nSPS) is 10.4. The largest absolute Gasteiger partial charge is 0.494 e. The highest BCUT2D eigenvalue weighted by Crippen LogP contribution is 2.23. The molecule has 0 saturated heterocycles. The maximum atomic E-state index is 12.2. The van der Waals surface area contributed by atoms with Crippen molar-refractivity contribution in [1.82, 2.24) is 10.2 Å². The van der Waals surface area contributed by atoms with Gasteiger partial charge in [-0.25, -0.2) is 0 Å². The quantitative estimate of drug-likeness (QED) is 0.756. The summed E-state index contributed by atoms with van der Waals surface area (Å²) in [5, 5.41) is 10.8. The lowest BCUT2D eigenvalue weighted by atomic mass is 10.2. The molecule has 7 heteroatoms. The van der Waals surface area contributed by atoms with E-state index in [4.69, 9.17) is 20.8 Å². The summed E-state index contributed by atoms with van der Waals surface area (Å²) in [6.07, 6.45) is 0. The van der Waals surface area contributed by atoms with Crippen LogP contribution in [-0.2, 0) is 0 Å². The number of benzene rings is 2. The molecule has 0 radical (unpaired) electrons. The first kappa shape index (κ1) is 16.0. The number of halogens is 1. The molecule has 1 aromatic heterocycles. The van der Waals surface area contributed by atoms with Crippen molar-refractivity contribution < 1.29 is 13.9 Å². The molecule has 0 bridgehead atoms. The average molecular weight is 344 g/mol. The fraction of sp³-hybridized carbons (Fsp3) is 0.118. The Morgan fingerprint density at radius 3 is 2.71 bits per heavy atom. The van der Waals surface area contributed by atoms with Crippen LogP contribution in [0.25, 0.3) is 11.5 Å². The molecule has 0 aliphatic rings. The second-order valence-electron chi connectivity index (χ2n) is 4.83. The minimum atomic E-state index is -0.348. The van der Waals surface area contributed by atoms with Gasteiger partial charge < -0.3 is 9.15 Å². The van der Waals surface area contributed by atoms with Gasteiger partial charge in [-0.2, -0.15) is 0 Å². The van der Waals surface area contributed by atoms with Gasteiger partial charge in [0.25, 0.3) is 5.91 Å². The smallest absolute Gasteiger partial charge is 0.322 e. The Hall–Kier alpha value is -2.86. The van der Waals surface area contributed by atoms with Crippen LogP contribution in [0.15, 0.2) is 52.9 Å². The van der Waals surface area contributed by atoms with Gasteiger partial charge in [0.05, 0.1) is 6.61 Å². The van der Waals surface area contributed by atoms with E-state index in [9.17, 15) is 4.79 Å². The molecule has 122 valence electrons. The summed E-state index contributed by atoms with van der Waals surface area (Å²) in [7, 11) is 0. The average Bonchev–Trinajstić information content (AvgIpc) is 3.04. The topological polar surface area (TPSA) is 77.2 Å². The standard InChI is InChI=1S/C17H14ClN3O3/c1-2-23-14-8-6-11(7-9-14)15(22)19-17-21-20-16(24-17)12-4-3-5-13(18)10-12/h3-10H,2H2,1H3,(H,19,21,22). The zero-order chi connectivity index (χ0) is 16.9. The number of anilines is 1. The molecule has 2 aromatic carbocycles. The van der Waals surface area contributed by atoms with Gasteiger partial charge in [0, 0.05) is 16.1 Å². The van der Waals surface area contributed by atoms with E-state index < -0.39 is 0 Å². The van der Waals surface area contributed by atoms with Gasteiger partial charge in [0.15, 0.2) is 0 Å². The highest BCUT2D eigenvalue weighted by Gasteiger charge is 2.13. The first-order valence-corrected chi connectivity index (χ1v) is 7.67. The first-order valence-electron chi connectivity index (χ1n) is 7.29. The van der Waals surface area contributed by atoms with Crippen LogP contribution in [0, 0.1) is 0 Å². The van der Waals surface area contributed by atoms with Crippen molar-refractivity contribution >= 4 is 23.5 Å². The van der Waals surface area contributed by atoms with Crippen LogP contribution in [0.5, 0.6) is 5.75 Å². The number of aromatic nitrogens is 2. The summed E-state index contributed by atoms with van der Waals surface area (Å²) in [6.45, 7) is 2.47. The Balaban J connectivity index is 1.71. The number of hydrogen-bond acceptors (Lipinski definition) is 5. The summed E-state index contributed by atoms with van der Waals surface area (Å²) in [5.74, 6) is 0.633. The van der Waals surface area contributed by atoms with Gasteiger partial charge in [-0.1, -0.05) is 22.8 Å². The van der Waals surface area contributed by atoms with Crippen molar-refractivity contribution in [1.29, 1.82) is 0 Å². The highest BCUT2D eigenvalue weighted by molar-refractivity contribution is 6.30. The molecule has 0 saturated carbocycles.